The van der Waals surface area contributed by atoms with Gasteiger partial charge in [-0.3, -0.25) is 0 Å². The molecule has 0 saturated carbocycles. The zero-order valence-corrected chi connectivity index (χ0v) is 8.60. The zero-order chi connectivity index (χ0) is 9.26. The van der Waals surface area contributed by atoms with Crippen molar-refractivity contribution in [1.29, 1.82) is 0 Å². The molecule has 0 aliphatic carbocycles. The van der Waals surface area contributed by atoms with Crippen molar-refractivity contribution >= 4 is 11.8 Å². The SMILES string of the molecule is Cc1cc(C)nc(SCC2CO2)n1. The van der Waals surface area contributed by atoms with Gasteiger partial charge in [0.2, 0.25) is 0 Å². The molecule has 1 aliphatic heterocycles. The molecule has 4 heteroatoms. The number of rotatable bonds is 3. The first-order valence-electron chi connectivity index (χ1n) is 4.31. The minimum Gasteiger partial charge on any atom is -0.372 e. The molecule has 1 aromatic heterocycles. The Labute approximate surface area is 81.9 Å². The van der Waals surface area contributed by atoms with Crippen LogP contribution in [0.15, 0.2) is 11.2 Å². The fourth-order valence-corrected chi connectivity index (χ4v) is 2.03. The van der Waals surface area contributed by atoms with Crippen LogP contribution < -0.4 is 0 Å². The van der Waals surface area contributed by atoms with Crippen LogP contribution in [0.5, 0.6) is 0 Å². The van der Waals surface area contributed by atoms with E-state index in [4.69, 9.17) is 4.74 Å². The number of ether oxygens (including phenoxy) is 1. The fourth-order valence-electron chi connectivity index (χ4n) is 1.09. The zero-order valence-electron chi connectivity index (χ0n) is 7.78. The molecule has 70 valence electrons. The van der Waals surface area contributed by atoms with Crippen molar-refractivity contribution in [2.75, 3.05) is 12.4 Å². The summed E-state index contributed by atoms with van der Waals surface area (Å²) in [6.07, 6.45) is 0.439. The molecule has 1 fully saturated rings. The third kappa shape index (κ3) is 2.67. The second-order valence-corrected chi connectivity index (χ2v) is 4.19. The van der Waals surface area contributed by atoms with Gasteiger partial charge in [-0.2, -0.15) is 0 Å². The van der Waals surface area contributed by atoms with E-state index in [2.05, 4.69) is 9.97 Å². The van der Waals surface area contributed by atoms with E-state index in [1.165, 1.54) is 0 Å². The number of aryl methyl sites for hydroxylation is 2. The number of nitrogens with zero attached hydrogens (tertiary/aromatic N) is 2. The van der Waals surface area contributed by atoms with Crippen molar-refractivity contribution in [1.82, 2.24) is 9.97 Å². The van der Waals surface area contributed by atoms with Gasteiger partial charge < -0.3 is 4.74 Å². The Morgan fingerprint density at radius 1 is 1.46 bits per heavy atom. The number of aromatic nitrogens is 2. The molecule has 0 bridgehead atoms. The molecule has 1 atom stereocenters. The van der Waals surface area contributed by atoms with Crippen molar-refractivity contribution in [3.63, 3.8) is 0 Å². The number of thioether (sulfide) groups is 1. The minimum absolute atomic E-state index is 0.439. The molecule has 0 aromatic carbocycles. The van der Waals surface area contributed by atoms with Crippen LogP contribution >= 0.6 is 11.8 Å². The molecule has 0 amide bonds. The van der Waals surface area contributed by atoms with Crippen LogP contribution in [0.4, 0.5) is 0 Å². The smallest absolute Gasteiger partial charge is 0.188 e. The highest BCUT2D eigenvalue weighted by Crippen LogP contribution is 2.21. The maximum Gasteiger partial charge on any atom is 0.188 e. The van der Waals surface area contributed by atoms with Crippen LogP contribution in [-0.2, 0) is 4.74 Å². The average molecular weight is 196 g/mol. The lowest BCUT2D eigenvalue weighted by Gasteiger charge is -2.00. The van der Waals surface area contributed by atoms with Crippen molar-refractivity contribution in [3.05, 3.63) is 17.5 Å². The van der Waals surface area contributed by atoms with Gasteiger partial charge in [0, 0.05) is 17.1 Å². The van der Waals surface area contributed by atoms with Crippen LogP contribution in [0.3, 0.4) is 0 Å². The summed E-state index contributed by atoms with van der Waals surface area (Å²) in [5.74, 6) is 0.975. The normalized spacial score (nSPS) is 20.3. The lowest BCUT2D eigenvalue weighted by Crippen LogP contribution is -1.96. The van der Waals surface area contributed by atoms with Gasteiger partial charge in [-0.1, -0.05) is 11.8 Å². The van der Waals surface area contributed by atoms with Gasteiger partial charge >= 0.3 is 0 Å². The van der Waals surface area contributed by atoms with E-state index in [0.29, 0.717) is 6.10 Å². The summed E-state index contributed by atoms with van der Waals surface area (Å²) < 4.78 is 5.11. The van der Waals surface area contributed by atoms with Crippen LogP contribution in [-0.4, -0.2) is 28.4 Å². The summed E-state index contributed by atoms with van der Waals surface area (Å²) in [4.78, 5) is 8.66. The van der Waals surface area contributed by atoms with Crippen LogP contribution in [0.25, 0.3) is 0 Å². The second-order valence-electron chi connectivity index (χ2n) is 3.20. The van der Waals surface area contributed by atoms with Crippen LogP contribution in [0.1, 0.15) is 11.4 Å². The van der Waals surface area contributed by atoms with E-state index in [-0.39, 0.29) is 0 Å². The molecule has 1 aliphatic rings. The summed E-state index contributed by atoms with van der Waals surface area (Å²) >= 11 is 1.67. The molecule has 2 rings (SSSR count). The topological polar surface area (TPSA) is 38.3 Å². The molecule has 3 nitrogen and oxygen atoms in total. The Kier molecular flexibility index (Phi) is 2.51. The maximum atomic E-state index is 5.11. The fraction of sp³-hybridized carbons (Fsp3) is 0.556. The van der Waals surface area contributed by atoms with Crippen molar-refractivity contribution in [2.45, 2.75) is 25.1 Å². The van der Waals surface area contributed by atoms with Gasteiger partial charge in [-0.15, -0.1) is 0 Å². The van der Waals surface area contributed by atoms with Gasteiger partial charge in [0.25, 0.3) is 0 Å². The number of epoxide rings is 1. The van der Waals surface area contributed by atoms with Crippen molar-refractivity contribution in [3.8, 4) is 0 Å². The summed E-state index contributed by atoms with van der Waals surface area (Å²) in [5.41, 5.74) is 2.07. The van der Waals surface area contributed by atoms with E-state index in [0.717, 1.165) is 28.9 Å². The highest BCUT2D eigenvalue weighted by atomic mass is 32.2. The van der Waals surface area contributed by atoms with Crippen LogP contribution in [0.2, 0.25) is 0 Å². The van der Waals surface area contributed by atoms with Gasteiger partial charge in [0.05, 0.1) is 12.7 Å². The van der Waals surface area contributed by atoms with Crippen molar-refractivity contribution < 1.29 is 4.74 Å². The Morgan fingerprint density at radius 3 is 2.62 bits per heavy atom. The molecule has 2 heterocycles. The maximum absolute atomic E-state index is 5.11. The van der Waals surface area contributed by atoms with Gasteiger partial charge in [0.15, 0.2) is 5.16 Å². The first kappa shape index (κ1) is 8.97. The molecule has 0 N–H and O–H groups in total. The Hall–Kier alpha value is -0.610. The van der Waals surface area contributed by atoms with E-state index in [1.807, 2.05) is 19.9 Å². The summed E-state index contributed by atoms with van der Waals surface area (Å²) in [6.45, 7) is 4.89. The Balaban J connectivity index is 2.01. The molecule has 1 unspecified atom stereocenters. The van der Waals surface area contributed by atoms with E-state index >= 15 is 0 Å². The van der Waals surface area contributed by atoms with Gasteiger partial charge in [-0.05, 0) is 19.9 Å². The van der Waals surface area contributed by atoms with Crippen molar-refractivity contribution in [2.24, 2.45) is 0 Å². The third-order valence-electron chi connectivity index (χ3n) is 1.76. The minimum atomic E-state index is 0.439. The molecule has 1 aromatic rings. The highest BCUT2D eigenvalue weighted by molar-refractivity contribution is 7.99. The molecule has 1 saturated heterocycles. The predicted molar refractivity (Wildman–Crippen MR) is 52.0 cm³/mol. The average Bonchev–Trinajstić information content (AvgIpc) is 2.81. The Bertz CT molecular complexity index is 292. The molecule has 0 spiro atoms. The van der Waals surface area contributed by atoms with E-state index < -0.39 is 0 Å². The quantitative estimate of drug-likeness (QED) is 0.418. The highest BCUT2D eigenvalue weighted by Gasteiger charge is 2.22. The second kappa shape index (κ2) is 3.64. The molecule has 0 radical (unpaired) electrons. The number of hydrogen-bond acceptors (Lipinski definition) is 4. The lowest BCUT2D eigenvalue weighted by atomic mass is 10.4. The van der Waals surface area contributed by atoms with E-state index in [9.17, 15) is 0 Å². The number of hydrogen-bond donors (Lipinski definition) is 0. The first-order valence-corrected chi connectivity index (χ1v) is 5.29. The summed E-state index contributed by atoms with van der Waals surface area (Å²) in [7, 11) is 0. The van der Waals surface area contributed by atoms with Crippen LogP contribution in [0, 0.1) is 13.8 Å². The largest absolute Gasteiger partial charge is 0.372 e. The van der Waals surface area contributed by atoms with Gasteiger partial charge in [-0.25, -0.2) is 9.97 Å². The Morgan fingerprint density at radius 2 is 2.08 bits per heavy atom. The predicted octanol–water partition coefficient (Wildman–Crippen LogP) is 1.58. The lowest BCUT2D eigenvalue weighted by molar-refractivity contribution is 0.426. The summed E-state index contributed by atoms with van der Waals surface area (Å²) in [6, 6.07) is 1.98. The third-order valence-corrected chi connectivity index (χ3v) is 2.74. The summed E-state index contributed by atoms with van der Waals surface area (Å²) in [5, 5.41) is 0.869. The molecular weight excluding hydrogens is 184 g/mol. The standard InChI is InChI=1S/C9H12N2OS/c1-6-3-7(2)11-9(10-6)13-5-8-4-12-8/h3,8H,4-5H2,1-2H3. The van der Waals surface area contributed by atoms with Gasteiger partial charge in [0.1, 0.15) is 0 Å². The van der Waals surface area contributed by atoms with E-state index in [1.54, 1.807) is 11.8 Å². The molecular formula is C9H12N2OS. The monoisotopic (exact) mass is 196 g/mol. The first-order chi connectivity index (χ1) is 6.24. The molecule has 13 heavy (non-hydrogen) atoms.